The molecule has 2 aliphatic rings. The molecule has 2 saturated carbocycles. The van der Waals surface area contributed by atoms with Crippen molar-refractivity contribution in [2.75, 3.05) is 5.32 Å². The molecule has 0 spiro atoms. The molecule has 2 bridgehead atoms. The highest BCUT2D eigenvalue weighted by molar-refractivity contribution is 7.17. The van der Waals surface area contributed by atoms with E-state index in [1.807, 2.05) is 31.2 Å². The summed E-state index contributed by atoms with van der Waals surface area (Å²) in [7, 11) is 0. The first-order valence-corrected chi connectivity index (χ1v) is 11.9. The highest BCUT2D eigenvalue weighted by Gasteiger charge is 2.51. The summed E-state index contributed by atoms with van der Waals surface area (Å²) in [6.45, 7) is 8.29. The van der Waals surface area contributed by atoms with Gasteiger partial charge in [0.05, 0.1) is 5.56 Å². The van der Waals surface area contributed by atoms with Crippen LogP contribution in [0.3, 0.4) is 0 Å². The third-order valence-corrected chi connectivity index (χ3v) is 8.12. The van der Waals surface area contributed by atoms with Gasteiger partial charge in [-0.1, -0.05) is 45.0 Å². The van der Waals surface area contributed by atoms with Crippen molar-refractivity contribution in [3.05, 3.63) is 40.3 Å². The summed E-state index contributed by atoms with van der Waals surface area (Å²) >= 11 is 1.29. The van der Waals surface area contributed by atoms with Crippen molar-refractivity contribution in [3.63, 3.8) is 0 Å². The van der Waals surface area contributed by atoms with Crippen molar-refractivity contribution in [1.82, 2.24) is 0 Å². The minimum absolute atomic E-state index is 0.00155. The van der Waals surface area contributed by atoms with Crippen LogP contribution in [0, 0.1) is 30.6 Å². The molecule has 4 rings (SSSR count). The van der Waals surface area contributed by atoms with Crippen LogP contribution in [-0.4, -0.2) is 17.8 Å². The molecule has 3 N–H and O–H groups in total. The summed E-state index contributed by atoms with van der Waals surface area (Å²) in [6, 6.07) is 8.01. The van der Waals surface area contributed by atoms with E-state index >= 15 is 0 Å². The normalized spacial score (nSPS) is 24.5. The molecule has 32 heavy (non-hydrogen) atoms. The highest BCUT2D eigenvalue weighted by atomic mass is 32.1. The van der Waals surface area contributed by atoms with Gasteiger partial charge in [0.25, 0.3) is 5.91 Å². The quantitative estimate of drug-likeness (QED) is 0.722. The van der Waals surface area contributed by atoms with Crippen molar-refractivity contribution in [2.45, 2.75) is 52.4 Å². The lowest BCUT2D eigenvalue weighted by Crippen LogP contribution is -2.44. The van der Waals surface area contributed by atoms with E-state index in [1.165, 1.54) is 16.9 Å². The molecule has 4 atom stereocenters. The SMILES string of the molecule is Cc1sc(NC(=O)C2C3CCC(C3)C2C(=O)[O-])c(C(N)=O)c1-c1ccc(C(C)(C)C)cc1. The molecule has 2 aromatic rings. The molecule has 2 amide bonds. The number of anilines is 1. The fraction of sp³-hybridized carbons (Fsp3) is 0.480. The monoisotopic (exact) mass is 453 g/mol. The van der Waals surface area contributed by atoms with E-state index in [2.05, 4.69) is 26.1 Å². The third kappa shape index (κ3) is 3.83. The molecule has 1 aromatic heterocycles. The molecule has 0 aliphatic heterocycles. The minimum Gasteiger partial charge on any atom is -0.550 e. The number of amides is 2. The zero-order valence-corrected chi connectivity index (χ0v) is 19.7. The van der Waals surface area contributed by atoms with Gasteiger partial charge < -0.3 is 21.0 Å². The number of primary amides is 1. The van der Waals surface area contributed by atoms with Gasteiger partial charge in [0.2, 0.25) is 5.91 Å². The van der Waals surface area contributed by atoms with E-state index in [0.717, 1.165) is 29.7 Å². The molecule has 170 valence electrons. The molecule has 1 aromatic carbocycles. The van der Waals surface area contributed by atoms with Crippen molar-refractivity contribution >= 4 is 34.1 Å². The van der Waals surface area contributed by atoms with Crippen LogP contribution in [-0.2, 0) is 15.0 Å². The predicted molar refractivity (Wildman–Crippen MR) is 123 cm³/mol. The molecule has 7 heteroatoms. The second-order valence-electron chi connectivity index (χ2n) is 10.1. The van der Waals surface area contributed by atoms with E-state index < -0.39 is 23.7 Å². The van der Waals surface area contributed by atoms with Gasteiger partial charge in [-0.15, -0.1) is 11.3 Å². The minimum atomic E-state index is -1.16. The fourth-order valence-electron chi connectivity index (χ4n) is 5.56. The predicted octanol–water partition coefficient (Wildman–Crippen LogP) is 3.47. The average molecular weight is 454 g/mol. The van der Waals surface area contributed by atoms with Crippen molar-refractivity contribution in [3.8, 4) is 11.1 Å². The van der Waals surface area contributed by atoms with Crippen LogP contribution in [0.5, 0.6) is 0 Å². The topological polar surface area (TPSA) is 112 Å². The van der Waals surface area contributed by atoms with Gasteiger partial charge in [0, 0.05) is 28.2 Å². The van der Waals surface area contributed by atoms with Crippen LogP contribution in [0.1, 0.15) is 60.8 Å². The number of benzene rings is 1. The molecule has 6 nitrogen and oxygen atoms in total. The molecule has 1 heterocycles. The first-order chi connectivity index (χ1) is 15.0. The van der Waals surface area contributed by atoms with Gasteiger partial charge in [-0.05, 0) is 54.6 Å². The van der Waals surface area contributed by atoms with Crippen molar-refractivity contribution < 1.29 is 19.5 Å². The summed E-state index contributed by atoms with van der Waals surface area (Å²) in [4.78, 5) is 38.2. The summed E-state index contributed by atoms with van der Waals surface area (Å²) in [6.07, 6.45) is 2.42. The number of carbonyl (C=O) groups is 3. The number of carboxylic acid groups (broad SMARTS) is 1. The van der Waals surface area contributed by atoms with Crippen LogP contribution < -0.4 is 16.2 Å². The Balaban J connectivity index is 1.67. The fourth-order valence-corrected chi connectivity index (χ4v) is 6.64. The Morgan fingerprint density at radius 3 is 2.19 bits per heavy atom. The van der Waals surface area contributed by atoms with E-state index in [0.29, 0.717) is 10.6 Å². The number of nitrogens with one attached hydrogen (secondary N) is 1. The van der Waals surface area contributed by atoms with Crippen molar-refractivity contribution in [1.29, 1.82) is 0 Å². The molecule has 0 saturated heterocycles. The Hall–Kier alpha value is -2.67. The van der Waals surface area contributed by atoms with Gasteiger partial charge in [0.15, 0.2) is 0 Å². The van der Waals surface area contributed by atoms with E-state index in [-0.39, 0.29) is 28.7 Å². The van der Waals surface area contributed by atoms with E-state index in [4.69, 9.17) is 5.73 Å². The molecule has 4 unspecified atom stereocenters. The maximum absolute atomic E-state index is 13.2. The number of hydrogen-bond acceptors (Lipinski definition) is 5. The van der Waals surface area contributed by atoms with Crippen molar-refractivity contribution in [2.24, 2.45) is 29.4 Å². The second kappa shape index (κ2) is 8.03. The van der Waals surface area contributed by atoms with E-state index in [1.54, 1.807) is 0 Å². The Kier molecular flexibility index (Phi) is 5.65. The lowest BCUT2D eigenvalue weighted by Gasteiger charge is -2.30. The van der Waals surface area contributed by atoms with Crippen LogP contribution in [0.25, 0.3) is 11.1 Å². The summed E-state index contributed by atoms with van der Waals surface area (Å²) < 4.78 is 0. The Morgan fingerprint density at radius 2 is 1.66 bits per heavy atom. The van der Waals surface area contributed by atoms with Gasteiger partial charge in [-0.2, -0.15) is 0 Å². The number of aliphatic carboxylic acids is 1. The summed E-state index contributed by atoms with van der Waals surface area (Å²) in [5.41, 5.74) is 8.76. The van der Waals surface area contributed by atoms with E-state index in [9.17, 15) is 19.5 Å². The number of carbonyl (C=O) groups excluding carboxylic acids is 3. The number of aryl methyl sites for hydroxylation is 1. The Morgan fingerprint density at radius 1 is 1.06 bits per heavy atom. The summed E-state index contributed by atoms with van der Waals surface area (Å²) in [5.74, 6) is -3.49. The molecular formula is C25H29N2O4S-. The maximum atomic E-state index is 13.2. The highest BCUT2D eigenvalue weighted by Crippen LogP contribution is 2.52. The van der Waals surface area contributed by atoms with Crippen LogP contribution in [0.15, 0.2) is 24.3 Å². The van der Waals surface area contributed by atoms with Crippen LogP contribution in [0.4, 0.5) is 5.00 Å². The molecule has 2 fully saturated rings. The number of rotatable bonds is 5. The van der Waals surface area contributed by atoms with Gasteiger partial charge in [-0.25, -0.2) is 0 Å². The lowest BCUT2D eigenvalue weighted by atomic mass is 9.78. The standard InChI is InChI=1S/C25H30N2O4S/c1-12-17(13-7-9-16(10-8-13)25(2,3)4)20(21(26)28)23(32-12)27-22(29)18-14-5-6-15(11-14)19(18)24(30)31/h7-10,14-15,18-19H,5-6,11H2,1-4H3,(H2,26,28)(H,27,29)(H,30,31)/p-1. The molecular weight excluding hydrogens is 424 g/mol. The molecule has 0 radical (unpaired) electrons. The largest absolute Gasteiger partial charge is 0.550 e. The number of carboxylic acids is 1. The molecule has 2 aliphatic carbocycles. The maximum Gasteiger partial charge on any atom is 0.252 e. The number of nitrogens with two attached hydrogens (primary N) is 1. The first-order valence-electron chi connectivity index (χ1n) is 11.0. The van der Waals surface area contributed by atoms with Crippen LogP contribution >= 0.6 is 11.3 Å². The van der Waals surface area contributed by atoms with Gasteiger partial charge >= 0.3 is 0 Å². The zero-order chi connectivity index (χ0) is 23.4. The Bertz CT molecular complexity index is 1080. The second-order valence-corrected chi connectivity index (χ2v) is 11.3. The first kappa shape index (κ1) is 22.5. The number of thiophene rings is 1. The van der Waals surface area contributed by atoms with Crippen LogP contribution in [0.2, 0.25) is 0 Å². The average Bonchev–Trinajstić information content (AvgIpc) is 3.39. The Labute approximate surface area is 192 Å². The number of fused-ring (bicyclic) bond motifs is 2. The van der Waals surface area contributed by atoms with Gasteiger partial charge in [-0.3, -0.25) is 9.59 Å². The van der Waals surface area contributed by atoms with Gasteiger partial charge in [0.1, 0.15) is 5.00 Å². The lowest BCUT2D eigenvalue weighted by molar-refractivity contribution is -0.314. The third-order valence-electron chi connectivity index (χ3n) is 7.10. The number of hydrogen-bond donors (Lipinski definition) is 2. The zero-order valence-electron chi connectivity index (χ0n) is 18.9. The summed E-state index contributed by atoms with van der Waals surface area (Å²) in [5, 5.41) is 15.0. The smallest absolute Gasteiger partial charge is 0.252 e.